The monoisotopic (exact) mass is 350 g/mol. The molecule has 0 unspecified atom stereocenters. The summed E-state index contributed by atoms with van der Waals surface area (Å²) in [4.78, 5) is 23.9. The number of nitrogens with one attached hydrogen (secondary N) is 2. The van der Waals surface area contributed by atoms with E-state index in [1.54, 1.807) is 18.2 Å². The maximum atomic E-state index is 12.1. The Balaban J connectivity index is 1.39. The minimum Gasteiger partial charge on any atom is -0.454 e. The first-order chi connectivity index (χ1) is 11.6. The largest absolute Gasteiger partial charge is 0.454 e. The molecule has 0 radical (unpaired) electrons. The molecule has 0 saturated heterocycles. The van der Waals surface area contributed by atoms with Crippen LogP contribution < -0.4 is 20.1 Å². The lowest BCUT2D eigenvalue weighted by Crippen LogP contribution is -2.37. The van der Waals surface area contributed by atoms with E-state index < -0.39 is 0 Å². The second-order valence-corrected chi connectivity index (χ2v) is 7.15. The van der Waals surface area contributed by atoms with Gasteiger partial charge in [0.1, 0.15) is 0 Å². The molecule has 2 N–H and O–H groups in total. The molecule has 1 heterocycles. The van der Waals surface area contributed by atoms with Crippen molar-refractivity contribution in [2.45, 2.75) is 19.3 Å². The second-order valence-electron chi connectivity index (χ2n) is 6.28. The van der Waals surface area contributed by atoms with Crippen molar-refractivity contribution in [3.63, 3.8) is 0 Å². The third-order valence-corrected chi connectivity index (χ3v) is 5.33. The van der Waals surface area contributed by atoms with Gasteiger partial charge in [-0.3, -0.25) is 9.59 Å². The van der Waals surface area contributed by atoms with E-state index in [-0.39, 0.29) is 25.2 Å². The molecule has 1 aliphatic heterocycles. The quantitative estimate of drug-likeness (QED) is 0.748. The number of carbonyl (C=O) groups excluding carboxylic acids is 2. The van der Waals surface area contributed by atoms with E-state index in [1.165, 1.54) is 12.8 Å². The van der Waals surface area contributed by atoms with Gasteiger partial charge in [-0.05, 0) is 54.9 Å². The minimum absolute atomic E-state index is 0.0250. The van der Waals surface area contributed by atoms with Crippen LogP contribution in [0.1, 0.15) is 29.6 Å². The van der Waals surface area contributed by atoms with Gasteiger partial charge in [0.2, 0.25) is 12.7 Å². The van der Waals surface area contributed by atoms with Crippen molar-refractivity contribution in [2.75, 3.05) is 31.9 Å². The molecule has 1 fully saturated rings. The Bertz CT molecular complexity index is 631. The van der Waals surface area contributed by atoms with Crippen LogP contribution in [0.4, 0.5) is 0 Å². The first-order valence-electron chi connectivity index (χ1n) is 8.05. The lowest BCUT2D eigenvalue weighted by Gasteiger charge is -2.14. The molecule has 0 spiro atoms. The van der Waals surface area contributed by atoms with Gasteiger partial charge < -0.3 is 20.1 Å². The van der Waals surface area contributed by atoms with Crippen molar-refractivity contribution in [1.82, 2.24) is 10.6 Å². The topological polar surface area (TPSA) is 76.7 Å². The number of hydrogen-bond donors (Lipinski definition) is 2. The molecule has 1 aromatic rings. The van der Waals surface area contributed by atoms with Crippen molar-refractivity contribution in [2.24, 2.45) is 5.41 Å². The first-order valence-corrected chi connectivity index (χ1v) is 9.45. The van der Waals surface area contributed by atoms with Crippen LogP contribution in [0, 0.1) is 5.41 Å². The van der Waals surface area contributed by atoms with Gasteiger partial charge in [-0.2, -0.15) is 11.8 Å². The SMILES string of the molecule is CSCC1(CCNC(=O)CNC(=O)c2ccc3c(c2)OCO3)CC1. The number of fused-ring (bicyclic) bond motifs is 1. The Morgan fingerprint density at radius 1 is 1.21 bits per heavy atom. The Hall–Kier alpha value is -1.89. The second kappa shape index (κ2) is 7.34. The number of ether oxygens (including phenoxy) is 2. The summed E-state index contributed by atoms with van der Waals surface area (Å²) < 4.78 is 10.4. The van der Waals surface area contributed by atoms with Crippen molar-refractivity contribution < 1.29 is 19.1 Å². The van der Waals surface area contributed by atoms with E-state index in [4.69, 9.17) is 9.47 Å². The summed E-state index contributed by atoms with van der Waals surface area (Å²) in [5.74, 6) is 1.87. The number of benzene rings is 1. The maximum absolute atomic E-state index is 12.1. The summed E-state index contributed by atoms with van der Waals surface area (Å²) in [5, 5.41) is 5.50. The normalized spacial score (nSPS) is 16.5. The van der Waals surface area contributed by atoms with E-state index in [1.807, 2.05) is 11.8 Å². The summed E-state index contributed by atoms with van der Waals surface area (Å²) in [6, 6.07) is 4.97. The molecule has 7 heteroatoms. The number of thioether (sulfide) groups is 1. The Morgan fingerprint density at radius 2 is 2.00 bits per heavy atom. The predicted molar refractivity (Wildman–Crippen MR) is 92.6 cm³/mol. The lowest BCUT2D eigenvalue weighted by atomic mass is 10.1. The van der Waals surface area contributed by atoms with Crippen LogP contribution in [0.2, 0.25) is 0 Å². The number of amides is 2. The fraction of sp³-hybridized carbons (Fsp3) is 0.529. The first kappa shape index (κ1) is 17.0. The number of carbonyl (C=O) groups is 2. The molecule has 2 amide bonds. The molecule has 0 bridgehead atoms. The van der Waals surface area contributed by atoms with Gasteiger partial charge in [-0.15, -0.1) is 0 Å². The van der Waals surface area contributed by atoms with E-state index >= 15 is 0 Å². The third kappa shape index (κ3) is 4.14. The molecule has 1 saturated carbocycles. The van der Waals surface area contributed by atoms with E-state index in [2.05, 4.69) is 16.9 Å². The molecule has 1 aromatic carbocycles. The summed E-state index contributed by atoms with van der Waals surface area (Å²) in [6.45, 7) is 0.808. The van der Waals surface area contributed by atoms with Crippen molar-refractivity contribution in [3.8, 4) is 11.5 Å². The Kier molecular flexibility index (Phi) is 5.18. The maximum Gasteiger partial charge on any atom is 0.251 e. The van der Waals surface area contributed by atoms with Gasteiger partial charge in [0.05, 0.1) is 6.54 Å². The van der Waals surface area contributed by atoms with Crippen LogP contribution in [-0.2, 0) is 4.79 Å². The van der Waals surface area contributed by atoms with Crippen LogP contribution in [0.3, 0.4) is 0 Å². The highest BCUT2D eigenvalue weighted by Gasteiger charge is 2.41. The highest BCUT2D eigenvalue weighted by Crippen LogP contribution is 2.50. The summed E-state index contributed by atoms with van der Waals surface area (Å²) >= 11 is 1.86. The van der Waals surface area contributed by atoms with E-state index in [0.29, 0.717) is 29.0 Å². The third-order valence-electron chi connectivity index (χ3n) is 4.43. The summed E-state index contributed by atoms with van der Waals surface area (Å²) in [7, 11) is 0. The Morgan fingerprint density at radius 3 is 2.75 bits per heavy atom. The lowest BCUT2D eigenvalue weighted by molar-refractivity contribution is -0.120. The zero-order valence-electron chi connectivity index (χ0n) is 13.7. The summed E-state index contributed by atoms with van der Waals surface area (Å²) in [5.41, 5.74) is 0.881. The van der Waals surface area contributed by atoms with E-state index in [0.717, 1.165) is 12.2 Å². The van der Waals surface area contributed by atoms with Crippen molar-refractivity contribution in [1.29, 1.82) is 0 Å². The molecule has 24 heavy (non-hydrogen) atoms. The van der Waals surface area contributed by atoms with Gasteiger partial charge in [0, 0.05) is 12.1 Å². The van der Waals surface area contributed by atoms with Gasteiger partial charge >= 0.3 is 0 Å². The van der Waals surface area contributed by atoms with Crippen LogP contribution in [0.25, 0.3) is 0 Å². The molecular weight excluding hydrogens is 328 g/mol. The average molecular weight is 350 g/mol. The van der Waals surface area contributed by atoms with Crippen LogP contribution in [-0.4, -0.2) is 43.7 Å². The van der Waals surface area contributed by atoms with E-state index in [9.17, 15) is 9.59 Å². The Labute approximate surface area is 145 Å². The average Bonchev–Trinajstić information content (AvgIpc) is 3.17. The zero-order chi connectivity index (χ0) is 17.0. The summed E-state index contributed by atoms with van der Waals surface area (Å²) in [6.07, 6.45) is 5.63. The number of hydrogen-bond acceptors (Lipinski definition) is 5. The zero-order valence-corrected chi connectivity index (χ0v) is 14.5. The molecule has 0 atom stereocenters. The van der Waals surface area contributed by atoms with Gasteiger partial charge in [0.15, 0.2) is 11.5 Å². The van der Waals surface area contributed by atoms with Crippen LogP contribution in [0.15, 0.2) is 18.2 Å². The molecule has 2 aliphatic rings. The predicted octanol–water partition coefficient (Wildman–Crippen LogP) is 1.79. The fourth-order valence-electron chi connectivity index (χ4n) is 2.78. The molecular formula is C17H22N2O4S. The highest BCUT2D eigenvalue weighted by atomic mass is 32.2. The molecule has 1 aliphatic carbocycles. The molecule has 3 rings (SSSR count). The molecule has 130 valence electrons. The van der Waals surface area contributed by atoms with Crippen molar-refractivity contribution in [3.05, 3.63) is 23.8 Å². The van der Waals surface area contributed by atoms with Crippen LogP contribution in [0.5, 0.6) is 11.5 Å². The van der Waals surface area contributed by atoms with Crippen molar-refractivity contribution >= 4 is 23.6 Å². The standard InChI is InChI=1S/C17H22N2O4S/c1-24-10-17(4-5-17)6-7-18-15(20)9-19-16(21)12-2-3-13-14(8-12)23-11-22-13/h2-3,8H,4-7,9-11H2,1H3,(H,18,20)(H,19,21). The molecule has 0 aromatic heterocycles. The molecule has 6 nitrogen and oxygen atoms in total. The van der Waals surface area contributed by atoms with Crippen LogP contribution >= 0.6 is 11.8 Å². The minimum atomic E-state index is -0.301. The van der Waals surface area contributed by atoms with Gasteiger partial charge in [-0.1, -0.05) is 0 Å². The smallest absolute Gasteiger partial charge is 0.251 e. The van der Waals surface area contributed by atoms with Gasteiger partial charge in [-0.25, -0.2) is 0 Å². The highest BCUT2D eigenvalue weighted by molar-refractivity contribution is 7.98. The van der Waals surface area contributed by atoms with Gasteiger partial charge in [0.25, 0.3) is 5.91 Å². The fourth-order valence-corrected chi connectivity index (χ4v) is 3.82. The number of rotatable bonds is 8.